The normalized spacial score (nSPS) is 12.7. The van der Waals surface area contributed by atoms with E-state index in [-0.39, 0.29) is 16.3 Å². The third-order valence-electron chi connectivity index (χ3n) is 2.84. The van der Waals surface area contributed by atoms with E-state index in [0.717, 1.165) is 12.1 Å². The highest BCUT2D eigenvalue weighted by molar-refractivity contribution is 7.91. The summed E-state index contributed by atoms with van der Waals surface area (Å²) in [6, 6.07) is 3.33. The number of nitrogen functional groups attached to an aromatic ring is 1. The molecule has 0 heterocycles. The second kappa shape index (κ2) is 5.24. The van der Waals surface area contributed by atoms with Gasteiger partial charge < -0.3 is 10.5 Å². The Labute approximate surface area is 107 Å². The van der Waals surface area contributed by atoms with Gasteiger partial charge in [-0.25, -0.2) is 12.8 Å². The quantitative estimate of drug-likeness (QED) is 0.834. The van der Waals surface area contributed by atoms with Crippen LogP contribution in [0.4, 0.5) is 10.1 Å². The zero-order valence-electron chi connectivity index (χ0n) is 10.7. The molecule has 0 aliphatic carbocycles. The fourth-order valence-corrected chi connectivity index (χ4v) is 3.07. The minimum Gasteiger partial charge on any atom is -0.398 e. The van der Waals surface area contributed by atoms with Gasteiger partial charge in [0, 0.05) is 7.11 Å². The number of ether oxygens (including phenoxy) is 1. The molecule has 0 saturated heterocycles. The minimum absolute atomic E-state index is 0.0617. The monoisotopic (exact) mass is 275 g/mol. The number of hydrogen-bond donors (Lipinski definition) is 1. The van der Waals surface area contributed by atoms with Crippen LogP contribution in [0, 0.1) is 5.82 Å². The zero-order chi connectivity index (χ0) is 14.0. The van der Waals surface area contributed by atoms with E-state index in [1.807, 2.05) is 0 Å². The minimum atomic E-state index is -3.60. The van der Waals surface area contributed by atoms with Crippen LogP contribution in [0.2, 0.25) is 0 Å². The van der Waals surface area contributed by atoms with Gasteiger partial charge in [0.05, 0.1) is 21.9 Å². The van der Waals surface area contributed by atoms with E-state index in [1.54, 1.807) is 13.8 Å². The summed E-state index contributed by atoms with van der Waals surface area (Å²) >= 11 is 0. The van der Waals surface area contributed by atoms with Crippen LogP contribution in [0.25, 0.3) is 0 Å². The fourth-order valence-electron chi connectivity index (χ4n) is 1.37. The molecule has 0 amide bonds. The predicted octanol–water partition coefficient (Wildman–Crippen LogP) is 2.00. The maximum absolute atomic E-state index is 13.1. The number of sulfone groups is 1. The van der Waals surface area contributed by atoms with Gasteiger partial charge in [0.2, 0.25) is 0 Å². The summed E-state index contributed by atoms with van der Waals surface area (Å²) in [5, 5.41) is 0. The van der Waals surface area contributed by atoms with Crippen LogP contribution >= 0.6 is 0 Å². The molecule has 0 unspecified atom stereocenters. The molecular formula is C12H18FNO3S. The van der Waals surface area contributed by atoms with Crippen molar-refractivity contribution < 1.29 is 17.5 Å². The molecule has 1 aromatic carbocycles. The molecule has 0 aliphatic heterocycles. The van der Waals surface area contributed by atoms with Crippen LogP contribution in [-0.4, -0.2) is 26.9 Å². The first-order valence-corrected chi connectivity index (χ1v) is 7.16. The van der Waals surface area contributed by atoms with Crippen LogP contribution in [0.3, 0.4) is 0 Å². The van der Waals surface area contributed by atoms with Crippen molar-refractivity contribution in [2.75, 3.05) is 18.6 Å². The summed E-state index contributed by atoms with van der Waals surface area (Å²) in [6.07, 6.45) is 0.307. The lowest BCUT2D eigenvalue weighted by molar-refractivity contribution is 0.0203. The molecule has 2 N–H and O–H groups in total. The third kappa shape index (κ3) is 3.68. The second-order valence-electron chi connectivity index (χ2n) is 4.71. The van der Waals surface area contributed by atoms with Crippen molar-refractivity contribution >= 4 is 15.5 Å². The van der Waals surface area contributed by atoms with Gasteiger partial charge in [0.25, 0.3) is 0 Å². The summed E-state index contributed by atoms with van der Waals surface area (Å²) in [4.78, 5) is -0.158. The maximum Gasteiger partial charge on any atom is 0.180 e. The summed E-state index contributed by atoms with van der Waals surface area (Å²) in [5.74, 6) is -0.754. The van der Waals surface area contributed by atoms with Crippen molar-refractivity contribution in [3.8, 4) is 0 Å². The number of rotatable bonds is 5. The Kier molecular flexibility index (Phi) is 4.34. The molecule has 0 atom stereocenters. The SMILES string of the molecule is COC(C)(C)CCS(=O)(=O)c1cc(F)ccc1N. The molecule has 1 rings (SSSR count). The molecule has 102 valence electrons. The maximum atomic E-state index is 13.1. The van der Waals surface area contributed by atoms with Gasteiger partial charge in [0.1, 0.15) is 5.82 Å². The number of halogens is 1. The van der Waals surface area contributed by atoms with Crippen molar-refractivity contribution in [1.29, 1.82) is 0 Å². The number of benzene rings is 1. The molecule has 18 heavy (non-hydrogen) atoms. The van der Waals surface area contributed by atoms with E-state index in [9.17, 15) is 12.8 Å². The Morgan fingerprint density at radius 3 is 2.56 bits per heavy atom. The van der Waals surface area contributed by atoms with E-state index in [4.69, 9.17) is 10.5 Å². The highest BCUT2D eigenvalue weighted by Gasteiger charge is 2.24. The molecule has 0 spiro atoms. The molecule has 0 bridgehead atoms. The Morgan fingerprint density at radius 2 is 2.00 bits per heavy atom. The Hall–Kier alpha value is -1.14. The van der Waals surface area contributed by atoms with Gasteiger partial charge in [-0.15, -0.1) is 0 Å². The van der Waals surface area contributed by atoms with Crippen LogP contribution in [0.15, 0.2) is 23.1 Å². The molecule has 1 aromatic rings. The van der Waals surface area contributed by atoms with Crippen LogP contribution in [0.5, 0.6) is 0 Å². The van der Waals surface area contributed by atoms with E-state index >= 15 is 0 Å². The summed E-state index contributed by atoms with van der Waals surface area (Å²) in [6.45, 7) is 3.58. The molecule has 0 radical (unpaired) electrons. The molecule has 4 nitrogen and oxygen atoms in total. The first-order valence-electron chi connectivity index (χ1n) is 5.51. The lowest BCUT2D eigenvalue weighted by Crippen LogP contribution is -2.26. The van der Waals surface area contributed by atoms with E-state index in [2.05, 4.69) is 0 Å². The molecule has 0 aliphatic rings. The van der Waals surface area contributed by atoms with Crippen molar-refractivity contribution in [3.63, 3.8) is 0 Å². The lowest BCUT2D eigenvalue weighted by atomic mass is 10.1. The van der Waals surface area contributed by atoms with E-state index in [0.29, 0.717) is 6.42 Å². The average Bonchev–Trinajstić information content (AvgIpc) is 2.30. The molecule has 0 aromatic heterocycles. The van der Waals surface area contributed by atoms with E-state index < -0.39 is 21.3 Å². The first kappa shape index (κ1) is 14.9. The Bertz CT molecular complexity index is 526. The Balaban J connectivity index is 2.97. The third-order valence-corrected chi connectivity index (χ3v) is 4.60. The van der Waals surface area contributed by atoms with Crippen LogP contribution in [-0.2, 0) is 14.6 Å². The van der Waals surface area contributed by atoms with Gasteiger partial charge in [-0.1, -0.05) is 0 Å². The van der Waals surface area contributed by atoms with Crippen molar-refractivity contribution in [2.45, 2.75) is 30.8 Å². The summed E-state index contributed by atoms with van der Waals surface area (Å²) < 4.78 is 42.4. The average molecular weight is 275 g/mol. The molecule has 0 saturated carbocycles. The number of methoxy groups -OCH3 is 1. The lowest BCUT2D eigenvalue weighted by Gasteiger charge is -2.22. The predicted molar refractivity (Wildman–Crippen MR) is 68.6 cm³/mol. The standard InChI is InChI=1S/C12H18FNO3S/c1-12(2,17-3)6-7-18(15,16)11-8-9(13)4-5-10(11)14/h4-5,8H,6-7,14H2,1-3H3. The number of nitrogens with two attached hydrogens (primary N) is 1. The molecule has 6 heteroatoms. The van der Waals surface area contributed by atoms with Crippen molar-refractivity contribution in [1.82, 2.24) is 0 Å². The van der Waals surface area contributed by atoms with Crippen LogP contribution in [0.1, 0.15) is 20.3 Å². The smallest absolute Gasteiger partial charge is 0.180 e. The van der Waals surface area contributed by atoms with Crippen LogP contribution < -0.4 is 5.73 Å². The van der Waals surface area contributed by atoms with E-state index in [1.165, 1.54) is 13.2 Å². The molecule has 0 fully saturated rings. The number of hydrogen-bond acceptors (Lipinski definition) is 4. The van der Waals surface area contributed by atoms with Gasteiger partial charge in [-0.05, 0) is 38.5 Å². The first-order chi connectivity index (χ1) is 8.18. The van der Waals surface area contributed by atoms with Gasteiger partial charge in [-0.3, -0.25) is 0 Å². The van der Waals surface area contributed by atoms with Gasteiger partial charge >= 0.3 is 0 Å². The fraction of sp³-hybridized carbons (Fsp3) is 0.500. The topological polar surface area (TPSA) is 69.4 Å². The summed E-state index contributed by atoms with van der Waals surface area (Å²) in [7, 11) is -2.08. The van der Waals surface area contributed by atoms with Crippen molar-refractivity contribution in [2.24, 2.45) is 0 Å². The van der Waals surface area contributed by atoms with Gasteiger partial charge in [-0.2, -0.15) is 0 Å². The van der Waals surface area contributed by atoms with Crippen molar-refractivity contribution in [3.05, 3.63) is 24.0 Å². The summed E-state index contributed by atoms with van der Waals surface area (Å²) in [5.41, 5.74) is 5.09. The largest absolute Gasteiger partial charge is 0.398 e. The molecular weight excluding hydrogens is 257 g/mol. The van der Waals surface area contributed by atoms with Gasteiger partial charge in [0.15, 0.2) is 9.84 Å². The highest BCUT2D eigenvalue weighted by atomic mass is 32.2. The zero-order valence-corrected chi connectivity index (χ0v) is 11.6. The number of anilines is 1. The Morgan fingerprint density at radius 1 is 1.39 bits per heavy atom. The second-order valence-corrected chi connectivity index (χ2v) is 6.79. The highest BCUT2D eigenvalue weighted by Crippen LogP contribution is 2.23.